The molecule has 2 heteroatoms. The Morgan fingerprint density at radius 1 is 0.700 bits per heavy atom. The van der Waals surface area contributed by atoms with E-state index in [1.807, 2.05) is 0 Å². The van der Waals surface area contributed by atoms with Crippen LogP contribution in [0.2, 0.25) is 0 Å². The maximum Gasteiger partial charge on any atom is 0.00865 e. The largest absolute Gasteiger partial charge is 0.175 e. The minimum atomic E-state index is -0.355. The van der Waals surface area contributed by atoms with E-state index >= 15 is 0 Å². The standard InChI is InChI=1S/C18H16S2/c1-14(19-12-10-15-6-2-4-8-17(15)19)20-13-11-16-7-3-5-9-18(16)20/h2-13,19-20H,1H2. The first-order chi connectivity index (χ1) is 9.84. The van der Waals surface area contributed by atoms with Gasteiger partial charge in [-0.05, 0) is 46.2 Å². The molecule has 2 aromatic carbocycles. The quantitative estimate of drug-likeness (QED) is 0.667. The topological polar surface area (TPSA) is 0 Å². The van der Waals surface area contributed by atoms with Crippen molar-refractivity contribution >= 4 is 33.9 Å². The Labute approximate surface area is 125 Å². The minimum absolute atomic E-state index is 0.355. The molecule has 2 heterocycles. The third-order valence-electron chi connectivity index (χ3n) is 3.76. The summed E-state index contributed by atoms with van der Waals surface area (Å²) < 4.78 is 1.40. The monoisotopic (exact) mass is 296 g/mol. The molecule has 4 rings (SSSR count). The van der Waals surface area contributed by atoms with Crippen LogP contribution in [-0.4, -0.2) is 0 Å². The molecular formula is C18H16S2. The second-order valence-corrected chi connectivity index (χ2v) is 9.38. The molecule has 0 bridgehead atoms. The van der Waals surface area contributed by atoms with Gasteiger partial charge in [-0.1, -0.05) is 43.0 Å². The van der Waals surface area contributed by atoms with Crippen LogP contribution < -0.4 is 0 Å². The smallest absolute Gasteiger partial charge is 0.00865 e. The van der Waals surface area contributed by atoms with Crippen molar-refractivity contribution in [2.24, 2.45) is 0 Å². The average Bonchev–Trinajstić information content (AvgIpc) is 3.11. The van der Waals surface area contributed by atoms with Crippen LogP contribution in [0.25, 0.3) is 12.2 Å². The summed E-state index contributed by atoms with van der Waals surface area (Å²) in [4.78, 5) is 2.93. The number of rotatable bonds is 2. The van der Waals surface area contributed by atoms with E-state index in [0.717, 1.165) is 0 Å². The Morgan fingerprint density at radius 3 is 1.65 bits per heavy atom. The molecular weight excluding hydrogens is 280 g/mol. The molecule has 0 spiro atoms. The van der Waals surface area contributed by atoms with E-state index in [2.05, 4.69) is 78.1 Å². The predicted molar refractivity (Wildman–Crippen MR) is 94.6 cm³/mol. The van der Waals surface area contributed by atoms with E-state index in [1.54, 1.807) is 0 Å². The number of fused-ring (bicyclic) bond motifs is 2. The van der Waals surface area contributed by atoms with Gasteiger partial charge in [0.15, 0.2) is 0 Å². The average molecular weight is 296 g/mol. The number of thiol groups is 2. The summed E-state index contributed by atoms with van der Waals surface area (Å²) >= 11 is 0. The third kappa shape index (κ3) is 1.80. The fourth-order valence-electron chi connectivity index (χ4n) is 2.73. The highest BCUT2D eigenvalue weighted by Crippen LogP contribution is 2.64. The van der Waals surface area contributed by atoms with Crippen molar-refractivity contribution in [3.8, 4) is 0 Å². The lowest BCUT2D eigenvalue weighted by Crippen LogP contribution is -1.86. The lowest BCUT2D eigenvalue weighted by atomic mass is 10.2. The summed E-state index contributed by atoms with van der Waals surface area (Å²) in [5.41, 5.74) is 2.73. The first-order valence-corrected chi connectivity index (χ1v) is 9.48. The Hall–Kier alpha value is -1.64. The third-order valence-corrected chi connectivity index (χ3v) is 8.91. The first-order valence-electron chi connectivity index (χ1n) is 6.66. The Balaban J connectivity index is 1.71. The highest BCUT2D eigenvalue weighted by molar-refractivity contribution is 8.41. The molecule has 2 atom stereocenters. The van der Waals surface area contributed by atoms with Gasteiger partial charge < -0.3 is 0 Å². The van der Waals surface area contributed by atoms with E-state index in [4.69, 9.17) is 0 Å². The molecule has 0 aromatic heterocycles. The van der Waals surface area contributed by atoms with Gasteiger partial charge in [0.1, 0.15) is 0 Å². The van der Waals surface area contributed by atoms with Crippen LogP contribution in [0.4, 0.5) is 0 Å². The van der Waals surface area contributed by atoms with Crippen LogP contribution in [0, 0.1) is 0 Å². The fourth-order valence-corrected chi connectivity index (χ4v) is 7.90. The van der Waals surface area contributed by atoms with Crippen LogP contribution in [0.1, 0.15) is 11.1 Å². The maximum atomic E-state index is 4.47. The Bertz CT molecular complexity index is 692. The molecule has 0 amide bonds. The normalized spacial score (nSPS) is 25.4. The molecule has 0 fully saturated rings. The van der Waals surface area contributed by atoms with Crippen LogP contribution in [0.15, 0.2) is 80.0 Å². The van der Waals surface area contributed by atoms with Crippen molar-refractivity contribution in [2.75, 3.05) is 0 Å². The van der Waals surface area contributed by atoms with Crippen LogP contribution in [-0.2, 0) is 0 Å². The van der Waals surface area contributed by atoms with E-state index < -0.39 is 0 Å². The summed E-state index contributed by atoms with van der Waals surface area (Å²) in [6.45, 7) is 4.47. The van der Waals surface area contributed by atoms with Gasteiger partial charge in [0.2, 0.25) is 0 Å². The zero-order chi connectivity index (χ0) is 13.5. The van der Waals surface area contributed by atoms with Crippen molar-refractivity contribution in [1.82, 2.24) is 0 Å². The van der Waals surface area contributed by atoms with E-state index in [9.17, 15) is 0 Å². The minimum Gasteiger partial charge on any atom is -0.175 e. The van der Waals surface area contributed by atoms with Gasteiger partial charge in [-0.25, -0.2) is 0 Å². The van der Waals surface area contributed by atoms with Crippen molar-refractivity contribution in [3.63, 3.8) is 0 Å². The summed E-state index contributed by atoms with van der Waals surface area (Å²) in [5, 5.41) is 4.72. The second-order valence-electron chi connectivity index (χ2n) is 4.91. The zero-order valence-electron chi connectivity index (χ0n) is 11.0. The summed E-state index contributed by atoms with van der Waals surface area (Å²) in [5.74, 6) is 0. The molecule has 0 saturated heterocycles. The molecule has 100 valence electrons. The van der Waals surface area contributed by atoms with Crippen molar-refractivity contribution in [2.45, 2.75) is 9.79 Å². The molecule has 0 radical (unpaired) electrons. The highest BCUT2D eigenvalue weighted by Gasteiger charge is 2.23. The molecule has 2 aliphatic rings. The molecule has 0 nitrogen and oxygen atoms in total. The summed E-state index contributed by atoms with van der Waals surface area (Å²) in [7, 11) is -0.710. The molecule has 2 aromatic rings. The highest BCUT2D eigenvalue weighted by atomic mass is 32.3. The lowest BCUT2D eigenvalue weighted by molar-refractivity contribution is 1.43. The molecule has 0 saturated carbocycles. The maximum absolute atomic E-state index is 4.47. The van der Waals surface area contributed by atoms with Crippen LogP contribution in [0.5, 0.6) is 0 Å². The molecule has 0 aliphatic carbocycles. The van der Waals surface area contributed by atoms with Crippen molar-refractivity contribution < 1.29 is 0 Å². The molecule has 2 aliphatic heterocycles. The molecule has 0 N–H and O–H groups in total. The number of hydrogen-bond acceptors (Lipinski definition) is 0. The van der Waals surface area contributed by atoms with Crippen LogP contribution >= 0.6 is 21.8 Å². The first kappa shape index (κ1) is 12.1. The van der Waals surface area contributed by atoms with Gasteiger partial charge in [-0.3, -0.25) is 0 Å². The summed E-state index contributed by atoms with van der Waals surface area (Å²) in [6.07, 6.45) is 4.51. The van der Waals surface area contributed by atoms with Gasteiger partial charge in [-0.15, -0.1) is 0 Å². The van der Waals surface area contributed by atoms with Gasteiger partial charge in [0, 0.05) is 14.0 Å². The van der Waals surface area contributed by atoms with Crippen LogP contribution in [0.3, 0.4) is 0 Å². The molecule has 20 heavy (non-hydrogen) atoms. The van der Waals surface area contributed by atoms with Gasteiger partial charge in [0.25, 0.3) is 0 Å². The van der Waals surface area contributed by atoms with Gasteiger partial charge >= 0.3 is 0 Å². The number of hydrogen-bond donors (Lipinski definition) is 2. The van der Waals surface area contributed by atoms with E-state index in [-0.39, 0.29) is 21.8 Å². The van der Waals surface area contributed by atoms with Gasteiger partial charge in [-0.2, -0.15) is 21.8 Å². The van der Waals surface area contributed by atoms with E-state index in [1.165, 1.54) is 25.2 Å². The molecule has 2 unspecified atom stereocenters. The van der Waals surface area contributed by atoms with E-state index in [0.29, 0.717) is 0 Å². The zero-order valence-corrected chi connectivity index (χ0v) is 12.8. The van der Waals surface area contributed by atoms with Crippen molar-refractivity contribution in [1.29, 1.82) is 0 Å². The Morgan fingerprint density at radius 2 is 1.15 bits per heavy atom. The summed E-state index contributed by atoms with van der Waals surface area (Å²) in [6, 6.07) is 17.4. The van der Waals surface area contributed by atoms with Crippen molar-refractivity contribution in [3.05, 3.63) is 81.3 Å². The predicted octanol–water partition coefficient (Wildman–Crippen LogP) is 5.55. The fraction of sp³-hybridized carbons (Fsp3) is 0. The number of benzene rings is 2. The lowest BCUT2D eigenvalue weighted by Gasteiger charge is -2.26. The second kappa shape index (κ2) is 4.72. The Kier molecular flexibility index (Phi) is 2.86. The SMILES string of the molecule is C=C([SH]1C=Cc2ccccc21)[SH]1C=Cc2ccccc21. The van der Waals surface area contributed by atoms with Gasteiger partial charge in [0.05, 0.1) is 0 Å².